The summed E-state index contributed by atoms with van der Waals surface area (Å²) >= 11 is 3.58. The predicted molar refractivity (Wildman–Crippen MR) is 87.0 cm³/mol. The van der Waals surface area contributed by atoms with Crippen LogP contribution in [-0.2, 0) is 0 Å². The number of hydrogen-bond acceptors (Lipinski definition) is 2. The summed E-state index contributed by atoms with van der Waals surface area (Å²) in [5.74, 6) is 0.351. The number of nitrogens with one attached hydrogen (secondary N) is 1. The van der Waals surface area contributed by atoms with Crippen LogP contribution < -0.4 is 5.32 Å². The van der Waals surface area contributed by atoms with Gasteiger partial charge in [-0.2, -0.15) is 0 Å². The van der Waals surface area contributed by atoms with Gasteiger partial charge in [-0.3, -0.25) is 0 Å². The van der Waals surface area contributed by atoms with Crippen molar-refractivity contribution in [3.8, 4) is 5.75 Å². The van der Waals surface area contributed by atoms with Gasteiger partial charge in [0.25, 0.3) is 0 Å². The average Bonchev–Trinajstić information content (AvgIpc) is 2.38. The molecule has 0 aliphatic heterocycles. The molecule has 0 saturated carbocycles. The Morgan fingerprint density at radius 1 is 1.00 bits per heavy atom. The van der Waals surface area contributed by atoms with E-state index in [1.165, 1.54) is 5.56 Å². The standard InChI is InChI=1S/C17H20BrNO/c1-11-8-9-15(17(20)10-11)13(3)19-12(2)14-6-4-5-7-16(14)18/h4-10,12-13,19-20H,1-3H3/t12-,13?/m0/s1. The summed E-state index contributed by atoms with van der Waals surface area (Å²) in [6, 6.07) is 14.3. The number of halogens is 1. The predicted octanol–water partition coefficient (Wildman–Crippen LogP) is 4.87. The number of aromatic hydroxyl groups is 1. The second-order valence-corrected chi connectivity index (χ2v) is 6.05. The van der Waals surface area contributed by atoms with E-state index in [0.717, 1.165) is 15.6 Å². The fourth-order valence-electron chi connectivity index (χ4n) is 2.40. The Balaban J connectivity index is 2.15. The van der Waals surface area contributed by atoms with E-state index in [9.17, 15) is 5.11 Å². The van der Waals surface area contributed by atoms with Crippen molar-refractivity contribution in [2.75, 3.05) is 0 Å². The van der Waals surface area contributed by atoms with Gasteiger partial charge in [-0.25, -0.2) is 0 Å². The average molecular weight is 334 g/mol. The van der Waals surface area contributed by atoms with E-state index in [1.54, 1.807) is 6.07 Å². The zero-order chi connectivity index (χ0) is 14.7. The van der Waals surface area contributed by atoms with Gasteiger partial charge in [0.15, 0.2) is 0 Å². The van der Waals surface area contributed by atoms with E-state index < -0.39 is 0 Å². The van der Waals surface area contributed by atoms with E-state index in [1.807, 2.05) is 37.3 Å². The fourth-order valence-corrected chi connectivity index (χ4v) is 3.03. The van der Waals surface area contributed by atoms with Crippen molar-refractivity contribution in [2.45, 2.75) is 32.9 Å². The van der Waals surface area contributed by atoms with Gasteiger partial charge >= 0.3 is 0 Å². The fraction of sp³-hybridized carbons (Fsp3) is 0.294. The highest BCUT2D eigenvalue weighted by molar-refractivity contribution is 9.10. The molecule has 0 saturated heterocycles. The molecule has 106 valence electrons. The van der Waals surface area contributed by atoms with E-state index in [-0.39, 0.29) is 12.1 Å². The minimum atomic E-state index is 0.0812. The molecule has 0 heterocycles. The first kappa shape index (κ1) is 15.1. The first-order chi connectivity index (χ1) is 9.49. The van der Waals surface area contributed by atoms with Gasteiger partial charge in [-0.1, -0.05) is 46.3 Å². The summed E-state index contributed by atoms with van der Waals surface area (Å²) in [6.07, 6.45) is 0. The van der Waals surface area contributed by atoms with Crippen LogP contribution in [0.4, 0.5) is 0 Å². The Labute approximate surface area is 129 Å². The van der Waals surface area contributed by atoms with E-state index in [2.05, 4.69) is 41.2 Å². The van der Waals surface area contributed by atoms with Gasteiger partial charge < -0.3 is 10.4 Å². The molecule has 2 N–H and O–H groups in total. The lowest BCUT2D eigenvalue weighted by atomic mass is 10.0. The molecule has 0 aromatic heterocycles. The number of hydrogen-bond donors (Lipinski definition) is 2. The lowest BCUT2D eigenvalue weighted by Crippen LogP contribution is -2.22. The van der Waals surface area contributed by atoms with Crippen LogP contribution >= 0.6 is 15.9 Å². The maximum absolute atomic E-state index is 10.1. The maximum atomic E-state index is 10.1. The Hall–Kier alpha value is -1.32. The van der Waals surface area contributed by atoms with E-state index >= 15 is 0 Å². The van der Waals surface area contributed by atoms with Gasteiger partial charge in [0, 0.05) is 22.1 Å². The number of aryl methyl sites for hydroxylation is 1. The summed E-state index contributed by atoms with van der Waals surface area (Å²) in [5.41, 5.74) is 3.21. The van der Waals surface area contributed by atoms with Crippen LogP contribution in [-0.4, -0.2) is 5.11 Å². The Bertz CT molecular complexity index is 597. The molecule has 1 unspecified atom stereocenters. The van der Waals surface area contributed by atoms with Gasteiger partial charge in [-0.15, -0.1) is 0 Å². The molecule has 0 spiro atoms. The van der Waals surface area contributed by atoms with Crippen LogP contribution in [0.25, 0.3) is 0 Å². The Kier molecular flexibility index (Phi) is 4.84. The Morgan fingerprint density at radius 3 is 2.30 bits per heavy atom. The first-order valence-electron chi connectivity index (χ1n) is 6.79. The lowest BCUT2D eigenvalue weighted by molar-refractivity contribution is 0.438. The van der Waals surface area contributed by atoms with Gasteiger partial charge in [0.2, 0.25) is 0 Å². The molecule has 0 fully saturated rings. The monoisotopic (exact) mass is 333 g/mol. The van der Waals surface area contributed by atoms with E-state index in [4.69, 9.17) is 0 Å². The molecule has 2 rings (SSSR count). The third-order valence-electron chi connectivity index (χ3n) is 3.52. The lowest BCUT2D eigenvalue weighted by Gasteiger charge is -2.22. The molecule has 0 radical (unpaired) electrons. The molecular weight excluding hydrogens is 314 g/mol. The number of benzene rings is 2. The molecule has 3 heteroatoms. The minimum absolute atomic E-state index is 0.0812. The molecule has 0 amide bonds. The second kappa shape index (κ2) is 6.42. The topological polar surface area (TPSA) is 32.3 Å². The summed E-state index contributed by atoms with van der Waals surface area (Å²) < 4.78 is 1.10. The summed E-state index contributed by atoms with van der Waals surface area (Å²) in [5, 5.41) is 13.6. The molecule has 2 nitrogen and oxygen atoms in total. The van der Waals surface area contributed by atoms with Crippen molar-refractivity contribution in [2.24, 2.45) is 0 Å². The summed E-state index contributed by atoms with van der Waals surface area (Å²) in [6.45, 7) is 6.17. The van der Waals surface area contributed by atoms with Crippen LogP contribution in [0.5, 0.6) is 5.75 Å². The molecule has 0 aliphatic carbocycles. The number of phenolic OH excluding ortho intramolecular Hbond substituents is 1. The van der Waals surface area contributed by atoms with Crippen molar-refractivity contribution in [1.29, 1.82) is 0 Å². The molecule has 2 atom stereocenters. The van der Waals surface area contributed by atoms with Crippen LogP contribution in [0.15, 0.2) is 46.9 Å². The SMILES string of the molecule is Cc1ccc(C(C)N[C@@H](C)c2ccccc2Br)c(O)c1. The maximum Gasteiger partial charge on any atom is 0.120 e. The first-order valence-corrected chi connectivity index (χ1v) is 7.58. The van der Waals surface area contributed by atoms with Crippen molar-refractivity contribution in [1.82, 2.24) is 5.32 Å². The second-order valence-electron chi connectivity index (χ2n) is 5.19. The number of phenols is 1. The Morgan fingerprint density at radius 2 is 1.65 bits per heavy atom. The smallest absolute Gasteiger partial charge is 0.120 e. The van der Waals surface area contributed by atoms with Gasteiger partial charge in [-0.05, 0) is 44.0 Å². The van der Waals surface area contributed by atoms with Crippen molar-refractivity contribution >= 4 is 15.9 Å². The van der Waals surface area contributed by atoms with Gasteiger partial charge in [0.05, 0.1) is 0 Å². The van der Waals surface area contributed by atoms with Crippen molar-refractivity contribution in [3.05, 3.63) is 63.6 Å². The van der Waals surface area contributed by atoms with Crippen LogP contribution in [0.1, 0.15) is 42.6 Å². The van der Waals surface area contributed by atoms with Crippen LogP contribution in [0, 0.1) is 6.92 Å². The third kappa shape index (κ3) is 3.41. The highest BCUT2D eigenvalue weighted by atomic mass is 79.9. The minimum Gasteiger partial charge on any atom is -0.508 e. The van der Waals surface area contributed by atoms with Gasteiger partial charge in [0.1, 0.15) is 5.75 Å². The summed E-state index contributed by atoms with van der Waals surface area (Å²) in [7, 11) is 0. The molecule has 2 aromatic carbocycles. The van der Waals surface area contributed by atoms with Crippen molar-refractivity contribution < 1.29 is 5.11 Å². The quantitative estimate of drug-likeness (QED) is 0.836. The molecule has 20 heavy (non-hydrogen) atoms. The summed E-state index contributed by atoms with van der Waals surface area (Å²) in [4.78, 5) is 0. The highest BCUT2D eigenvalue weighted by Crippen LogP contribution is 2.29. The van der Waals surface area contributed by atoms with Crippen LogP contribution in [0.3, 0.4) is 0 Å². The van der Waals surface area contributed by atoms with Crippen LogP contribution in [0.2, 0.25) is 0 Å². The molecule has 2 aromatic rings. The zero-order valence-corrected chi connectivity index (χ0v) is 13.6. The molecule has 0 aliphatic rings. The number of rotatable bonds is 4. The highest BCUT2D eigenvalue weighted by Gasteiger charge is 2.15. The normalized spacial score (nSPS) is 14.0. The molecule has 0 bridgehead atoms. The zero-order valence-electron chi connectivity index (χ0n) is 12.0. The van der Waals surface area contributed by atoms with E-state index in [0.29, 0.717) is 5.75 Å². The third-order valence-corrected chi connectivity index (χ3v) is 4.25. The van der Waals surface area contributed by atoms with Crippen molar-refractivity contribution in [3.63, 3.8) is 0 Å². The molecular formula is C17H20BrNO. The largest absolute Gasteiger partial charge is 0.508 e.